The van der Waals surface area contributed by atoms with E-state index in [0.717, 1.165) is 19.1 Å². The predicted octanol–water partition coefficient (Wildman–Crippen LogP) is 3.35. The highest BCUT2D eigenvalue weighted by molar-refractivity contribution is 7.99. The van der Waals surface area contributed by atoms with Gasteiger partial charge in [0.15, 0.2) is 0 Å². The monoisotopic (exact) mass is 366 g/mol. The average molecular weight is 366 g/mol. The average Bonchev–Trinajstić information content (AvgIpc) is 2.67. The Kier molecular flexibility index (Phi) is 5.04. The molecular formula is C21H27BN2OS. The van der Waals surface area contributed by atoms with Gasteiger partial charge in [-0.3, -0.25) is 0 Å². The molecule has 2 bridgehead atoms. The fourth-order valence-corrected chi connectivity index (χ4v) is 5.59. The van der Waals surface area contributed by atoms with Gasteiger partial charge < -0.3 is 14.5 Å². The van der Waals surface area contributed by atoms with E-state index in [0.29, 0.717) is 6.10 Å². The van der Waals surface area contributed by atoms with E-state index in [1.165, 1.54) is 52.7 Å². The van der Waals surface area contributed by atoms with Gasteiger partial charge in [-0.2, -0.15) is 0 Å². The molecule has 2 aromatic rings. The van der Waals surface area contributed by atoms with E-state index < -0.39 is 0 Å². The van der Waals surface area contributed by atoms with Gasteiger partial charge in [-0.1, -0.05) is 30.0 Å². The minimum atomic E-state index is 0. The summed E-state index contributed by atoms with van der Waals surface area (Å²) in [6.45, 7) is 4.40. The molecule has 4 aliphatic heterocycles. The van der Waals surface area contributed by atoms with Crippen LogP contribution in [0.2, 0.25) is 0 Å². The molecule has 0 spiro atoms. The zero-order valence-corrected chi connectivity index (χ0v) is 15.5. The smallest absolute Gasteiger partial charge is 0.0814 e. The third-order valence-corrected chi connectivity index (χ3v) is 7.00. The third kappa shape index (κ3) is 3.17. The topological polar surface area (TPSA) is 15.7 Å². The second-order valence-corrected chi connectivity index (χ2v) is 8.50. The van der Waals surface area contributed by atoms with Crippen LogP contribution < -0.4 is 4.90 Å². The van der Waals surface area contributed by atoms with Crippen LogP contribution in [0.25, 0.3) is 0 Å². The molecule has 136 valence electrons. The SMILES string of the molecule is B.CN1c2ccccc2Sc2cc(CO[C@@H]3CN4CCC3CC4)ccc21. The lowest BCUT2D eigenvalue weighted by Crippen LogP contribution is -2.51. The molecular weight excluding hydrogens is 339 g/mol. The van der Waals surface area contributed by atoms with Gasteiger partial charge in [0.25, 0.3) is 0 Å². The van der Waals surface area contributed by atoms with Crippen molar-refractivity contribution in [2.45, 2.75) is 35.3 Å². The molecule has 3 nitrogen and oxygen atoms in total. The summed E-state index contributed by atoms with van der Waals surface area (Å²) >= 11 is 1.87. The molecule has 0 radical (unpaired) electrons. The summed E-state index contributed by atoms with van der Waals surface area (Å²) < 4.78 is 6.33. The van der Waals surface area contributed by atoms with Crippen molar-refractivity contribution in [3.05, 3.63) is 48.0 Å². The summed E-state index contributed by atoms with van der Waals surface area (Å²) in [7, 11) is 2.15. The first kappa shape index (κ1) is 18.0. The highest BCUT2D eigenvalue weighted by atomic mass is 32.2. The van der Waals surface area contributed by atoms with Crippen molar-refractivity contribution >= 4 is 31.5 Å². The van der Waals surface area contributed by atoms with Gasteiger partial charge in [-0.25, -0.2) is 0 Å². The molecule has 3 fully saturated rings. The van der Waals surface area contributed by atoms with Gasteiger partial charge in [0, 0.05) is 23.4 Å². The number of hydrogen-bond acceptors (Lipinski definition) is 4. The molecule has 0 unspecified atom stereocenters. The number of anilines is 2. The summed E-state index contributed by atoms with van der Waals surface area (Å²) in [4.78, 5) is 7.50. The molecule has 0 aliphatic carbocycles. The minimum absolute atomic E-state index is 0. The molecule has 5 heteroatoms. The van der Waals surface area contributed by atoms with E-state index in [1.54, 1.807) is 0 Å². The number of nitrogens with zero attached hydrogens (tertiary/aromatic N) is 2. The van der Waals surface area contributed by atoms with Crippen molar-refractivity contribution < 1.29 is 4.74 Å². The number of piperidine rings is 3. The van der Waals surface area contributed by atoms with E-state index in [4.69, 9.17) is 4.74 Å². The molecule has 3 saturated heterocycles. The van der Waals surface area contributed by atoms with Crippen LogP contribution in [0.1, 0.15) is 18.4 Å². The number of para-hydroxylation sites is 1. The second-order valence-electron chi connectivity index (χ2n) is 7.42. The zero-order chi connectivity index (χ0) is 16.8. The lowest BCUT2D eigenvalue weighted by molar-refractivity contribution is -0.0766. The maximum atomic E-state index is 6.33. The summed E-state index contributed by atoms with van der Waals surface area (Å²) in [5.74, 6) is 0.773. The van der Waals surface area contributed by atoms with Crippen molar-refractivity contribution in [1.82, 2.24) is 4.90 Å². The first-order chi connectivity index (χ1) is 12.3. The molecule has 0 amide bonds. The molecule has 26 heavy (non-hydrogen) atoms. The van der Waals surface area contributed by atoms with E-state index in [9.17, 15) is 0 Å². The van der Waals surface area contributed by atoms with E-state index >= 15 is 0 Å². The Bertz CT molecular complexity index is 791. The van der Waals surface area contributed by atoms with Crippen LogP contribution in [0.5, 0.6) is 0 Å². The number of fused-ring (bicyclic) bond motifs is 5. The molecule has 0 saturated carbocycles. The Morgan fingerprint density at radius 1 is 1.04 bits per heavy atom. The standard InChI is InChI=1S/C21H24N2OS.BH3/c1-22-17-4-2-3-5-20(17)25-21-12-15(6-7-18(21)22)14-24-19-13-23-10-8-16(19)9-11-23;/h2-7,12,16,19H,8-11,13-14H2,1H3;1H3/t19-;/m1./s1. The molecule has 6 rings (SSSR count). The highest BCUT2D eigenvalue weighted by Gasteiger charge is 2.34. The molecule has 0 N–H and O–H groups in total. The molecule has 0 aromatic heterocycles. The van der Waals surface area contributed by atoms with Crippen LogP contribution in [-0.4, -0.2) is 46.1 Å². The van der Waals surface area contributed by atoms with Gasteiger partial charge in [0.1, 0.15) is 0 Å². The summed E-state index contributed by atoms with van der Waals surface area (Å²) in [6.07, 6.45) is 3.05. The normalized spacial score (nSPS) is 26.0. The summed E-state index contributed by atoms with van der Waals surface area (Å²) in [5.41, 5.74) is 3.86. The van der Waals surface area contributed by atoms with Crippen LogP contribution >= 0.6 is 11.8 Å². The van der Waals surface area contributed by atoms with Crippen LogP contribution in [-0.2, 0) is 11.3 Å². The zero-order valence-electron chi connectivity index (χ0n) is 14.6. The number of rotatable bonds is 3. The Hall–Kier alpha value is -1.43. The Balaban J connectivity index is 0.00000168. The molecule has 4 aliphatic rings. The number of ether oxygens (including phenoxy) is 1. The molecule has 2 aromatic carbocycles. The number of hydrogen-bond donors (Lipinski definition) is 0. The van der Waals surface area contributed by atoms with Crippen LogP contribution in [0.15, 0.2) is 52.3 Å². The van der Waals surface area contributed by atoms with Crippen molar-refractivity contribution in [2.75, 3.05) is 31.6 Å². The predicted molar refractivity (Wildman–Crippen MR) is 113 cm³/mol. The fourth-order valence-electron chi connectivity index (χ4n) is 4.38. The van der Waals surface area contributed by atoms with Crippen molar-refractivity contribution in [2.24, 2.45) is 5.92 Å². The molecule has 4 heterocycles. The number of benzene rings is 2. The van der Waals surface area contributed by atoms with Crippen molar-refractivity contribution in [3.63, 3.8) is 0 Å². The highest BCUT2D eigenvalue weighted by Crippen LogP contribution is 2.47. The Labute approximate surface area is 162 Å². The van der Waals surface area contributed by atoms with E-state index in [-0.39, 0.29) is 8.41 Å². The van der Waals surface area contributed by atoms with Gasteiger partial charge in [0.05, 0.1) is 32.5 Å². The fraction of sp³-hybridized carbons (Fsp3) is 0.429. The largest absolute Gasteiger partial charge is 0.372 e. The van der Waals surface area contributed by atoms with Gasteiger partial charge in [-0.05, 0) is 61.7 Å². The lowest BCUT2D eigenvalue weighted by atomic mass is 9.86. The summed E-state index contributed by atoms with van der Waals surface area (Å²) in [6, 6.07) is 15.4. The quantitative estimate of drug-likeness (QED) is 0.774. The third-order valence-electron chi connectivity index (χ3n) is 5.89. The second kappa shape index (κ2) is 7.30. The first-order valence-electron chi connectivity index (χ1n) is 9.25. The lowest BCUT2D eigenvalue weighted by Gasteiger charge is -2.44. The van der Waals surface area contributed by atoms with Gasteiger partial charge in [-0.15, -0.1) is 0 Å². The maximum Gasteiger partial charge on any atom is 0.0814 e. The van der Waals surface area contributed by atoms with E-state index in [2.05, 4.69) is 59.3 Å². The minimum Gasteiger partial charge on any atom is -0.372 e. The Morgan fingerprint density at radius 3 is 2.58 bits per heavy atom. The summed E-state index contributed by atoms with van der Waals surface area (Å²) in [5, 5.41) is 0. The maximum absolute atomic E-state index is 6.33. The van der Waals surface area contributed by atoms with Crippen LogP contribution in [0.4, 0.5) is 11.4 Å². The Morgan fingerprint density at radius 2 is 1.81 bits per heavy atom. The van der Waals surface area contributed by atoms with Crippen molar-refractivity contribution in [1.29, 1.82) is 0 Å². The first-order valence-corrected chi connectivity index (χ1v) is 10.1. The van der Waals surface area contributed by atoms with Gasteiger partial charge in [0.2, 0.25) is 0 Å². The van der Waals surface area contributed by atoms with E-state index in [1.807, 2.05) is 11.8 Å². The molecule has 1 atom stereocenters. The van der Waals surface area contributed by atoms with Gasteiger partial charge >= 0.3 is 0 Å². The van der Waals surface area contributed by atoms with Crippen molar-refractivity contribution in [3.8, 4) is 0 Å². The van der Waals surface area contributed by atoms with Crippen LogP contribution in [0, 0.1) is 5.92 Å². The van der Waals surface area contributed by atoms with Crippen LogP contribution in [0.3, 0.4) is 0 Å².